The molecule has 10 aromatic rings. The first-order chi connectivity index (χ1) is 29.3. The van der Waals surface area contributed by atoms with Gasteiger partial charge in [-0.05, 0) is 87.1 Å². The van der Waals surface area contributed by atoms with Crippen molar-refractivity contribution in [3.63, 3.8) is 0 Å². The summed E-state index contributed by atoms with van der Waals surface area (Å²) < 4.78 is 13.2. The number of rotatable bonds is 5. The number of hydrogen-bond donors (Lipinski definition) is 0. The van der Waals surface area contributed by atoms with E-state index in [1.54, 1.807) is 0 Å². The summed E-state index contributed by atoms with van der Waals surface area (Å²) in [4.78, 5) is 2.46. The molecule has 0 amide bonds. The minimum atomic E-state index is -0.999. The van der Waals surface area contributed by atoms with E-state index in [0.29, 0.717) is 0 Å². The molecule has 0 bridgehead atoms. The molecular formula is C55H37NO2Si. The van der Waals surface area contributed by atoms with Crippen molar-refractivity contribution in [1.82, 2.24) is 0 Å². The van der Waals surface area contributed by atoms with Crippen LogP contribution in [0.4, 0.5) is 17.1 Å². The number of anilines is 3. The lowest BCUT2D eigenvalue weighted by Crippen LogP contribution is -2.51. The van der Waals surface area contributed by atoms with Crippen molar-refractivity contribution in [1.29, 1.82) is 0 Å². The van der Waals surface area contributed by atoms with E-state index in [4.69, 9.17) is 9.15 Å². The van der Waals surface area contributed by atoms with Crippen LogP contribution >= 0.6 is 0 Å². The Kier molecular flexibility index (Phi) is 7.62. The summed E-state index contributed by atoms with van der Waals surface area (Å²) in [6.45, 7) is 0. The van der Waals surface area contributed by atoms with E-state index in [-0.39, 0.29) is 0 Å². The molecule has 0 saturated carbocycles. The molecule has 0 unspecified atom stereocenters. The molecule has 1 spiro atoms. The molecule has 0 radical (unpaired) electrons. The van der Waals surface area contributed by atoms with Crippen LogP contribution in [0.3, 0.4) is 0 Å². The van der Waals surface area contributed by atoms with Gasteiger partial charge < -0.3 is 14.1 Å². The minimum Gasteiger partial charge on any atom is -0.457 e. The summed E-state index contributed by atoms with van der Waals surface area (Å²) in [6, 6.07) is 76.9. The number of para-hydroxylation sites is 3. The molecule has 0 atom stereocenters. The maximum absolute atomic E-state index is 6.69. The fourth-order valence-corrected chi connectivity index (χ4v) is 12.2. The predicted molar refractivity (Wildman–Crippen MR) is 245 cm³/mol. The van der Waals surface area contributed by atoms with Gasteiger partial charge in [-0.2, -0.15) is 0 Å². The second-order valence-corrected chi connectivity index (χ2v) is 17.4. The lowest BCUT2D eigenvalue weighted by atomic mass is 9.63. The number of ether oxygens (including phenoxy) is 1. The van der Waals surface area contributed by atoms with Crippen LogP contribution in [0.25, 0.3) is 44.2 Å². The molecule has 0 N–H and O–H groups in total. The molecule has 0 aliphatic carbocycles. The first-order valence-electron chi connectivity index (χ1n) is 20.3. The molecule has 278 valence electrons. The third-order valence-electron chi connectivity index (χ3n) is 12.5. The van der Waals surface area contributed by atoms with Crippen molar-refractivity contribution in [3.8, 4) is 33.8 Å². The van der Waals surface area contributed by atoms with Crippen LogP contribution in [0.5, 0.6) is 11.5 Å². The third-order valence-corrected chi connectivity index (χ3v) is 14.5. The Morgan fingerprint density at radius 3 is 1.75 bits per heavy atom. The van der Waals surface area contributed by atoms with Crippen LogP contribution in [0, 0.1) is 0 Å². The Morgan fingerprint density at radius 2 is 0.983 bits per heavy atom. The highest BCUT2D eigenvalue weighted by Gasteiger charge is 2.49. The van der Waals surface area contributed by atoms with E-state index in [9.17, 15) is 0 Å². The van der Waals surface area contributed by atoms with Gasteiger partial charge in [-0.15, -0.1) is 0 Å². The topological polar surface area (TPSA) is 25.6 Å². The third kappa shape index (κ3) is 5.13. The van der Waals surface area contributed by atoms with E-state index < -0.39 is 14.9 Å². The van der Waals surface area contributed by atoms with E-state index >= 15 is 0 Å². The fourth-order valence-electron chi connectivity index (χ4n) is 9.95. The van der Waals surface area contributed by atoms with Gasteiger partial charge in [0.1, 0.15) is 22.7 Å². The lowest BCUT2D eigenvalue weighted by molar-refractivity contribution is 0.435. The Labute approximate surface area is 345 Å². The maximum atomic E-state index is 6.69. The van der Waals surface area contributed by atoms with Gasteiger partial charge in [-0.1, -0.05) is 163 Å². The van der Waals surface area contributed by atoms with Crippen LogP contribution in [0.1, 0.15) is 22.3 Å². The summed E-state index contributed by atoms with van der Waals surface area (Å²) in [5.74, 6) is 1.80. The molecule has 12 rings (SSSR count). The van der Waals surface area contributed by atoms with Gasteiger partial charge in [0, 0.05) is 45.0 Å². The molecule has 4 heteroatoms. The van der Waals surface area contributed by atoms with Crippen molar-refractivity contribution >= 4 is 58.9 Å². The molecule has 3 nitrogen and oxygen atoms in total. The highest BCUT2D eigenvalue weighted by Crippen LogP contribution is 2.56. The van der Waals surface area contributed by atoms with Crippen LogP contribution in [0.15, 0.2) is 217 Å². The average Bonchev–Trinajstić information content (AvgIpc) is 3.68. The van der Waals surface area contributed by atoms with E-state index in [2.05, 4.69) is 211 Å². The van der Waals surface area contributed by atoms with Crippen molar-refractivity contribution < 1.29 is 9.15 Å². The number of hydrogen-bond acceptors (Lipinski definition) is 3. The lowest BCUT2D eigenvalue weighted by Gasteiger charge is -2.46. The standard InChI is InChI=1S/C55H37NO2Si/c1-2-15-36(16-3-1)40-17-4-5-18-41(40)37-29-31-38(32-30-37)56(39-33-34-43-42-19-6-10-25-49(42)57-52(43)35-39)48-24-14-23-47-54(48)59-53-28-13-9-22-46(53)55(47)44-20-7-11-26-50(44)58-51-27-12-8-21-45(51)55/h1-35H,59H2. The zero-order valence-electron chi connectivity index (χ0n) is 32.2. The monoisotopic (exact) mass is 771 g/mol. The summed E-state index contributed by atoms with van der Waals surface area (Å²) in [6.07, 6.45) is 0. The molecular weight excluding hydrogens is 735 g/mol. The van der Waals surface area contributed by atoms with E-state index in [1.807, 2.05) is 6.07 Å². The molecule has 0 saturated heterocycles. The molecule has 9 aromatic carbocycles. The molecule has 59 heavy (non-hydrogen) atoms. The van der Waals surface area contributed by atoms with E-state index in [1.165, 1.54) is 60.6 Å². The van der Waals surface area contributed by atoms with Crippen LogP contribution in [0.2, 0.25) is 0 Å². The first-order valence-corrected chi connectivity index (χ1v) is 21.7. The van der Waals surface area contributed by atoms with Crippen LogP contribution in [-0.4, -0.2) is 9.52 Å². The van der Waals surface area contributed by atoms with Gasteiger partial charge in [0.05, 0.1) is 14.9 Å². The second-order valence-electron chi connectivity index (χ2n) is 15.6. The minimum absolute atomic E-state index is 0.558. The van der Waals surface area contributed by atoms with Gasteiger partial charge in [0.2, 0.25) is 0 Å². The van der Waals surface area contributed by atoms with Crippen LogP contribution < -0.4 is 20.0 Å². The average molecular weight is 772 g/mol. The summed E-state index contributed by atoms with van der Waals surface area (Å²) in [5.41, 5.74) is 14.4. The summed E-state index contributed by atoms with van der Waals surface area (Å²) in [5, 5.41) is 5.10. The van der Waals surface area contributed by atoms with Crippen molar-refractivity contribution in [3.05, 3.63) is 235 Å². The second kappa shape index (κ2) is 13.3. The highest BCUT2D eigenvalue weighted by atomic mass is 28.2. The fraction of sp³-hybridized carbons (Fsp3) is 0.0182. The molecule has 1 aromatic heterocycles. The Bertz CT molecular complexity index is 3180. The van der Waals surface area contributed by atoms with Crippen LogP contribution in [-0.2, 0) is 5.41 Å². The smallest absolute Gasteiger partial charge is 0.137 e. The van der Waals surface area contributed by atoms with Gasteiger partial charge in [-0.3, -0.25) is 0 Å². The Balaban J connectivity index is 1.10. The van der Waals surface area contributed by atoms with Gasteiger partial charge >= 0.3 is 0 Å². The molecule has 2 aliphatic rings. The Hall–Kier alpha value is -7.40. The molecule has 0 fully saturated rings. The number of benzene rings is 9. The van der Waals surface area contributed by atoms with E-state index in [0.717, 1.165) is 44.8 Å². The number of fused-ring (bicyclic) bond motifs is 11. The molecule has 3 heterocycles. The largest absolute Gasteiger partial charge is 0.457 e. The maximum Gasteiger partial charge on any atom is 0.137 e. The highest BCUT2D eigenvalue weighted by molar-refractivity contribution is 6.71. The van der Waals surface area contributed by atoms with Gasteiger partial charge in [-0.25, -0.2) is 0 Å². The zero-order chi connectivity index (χ0) is 38.9. The van der Waals surface area contributed by atoms with Crippen molar-refractivity contribution in [2.24, 2.45) is 0 Å². The summed E-state index contributed by atoms with van der Waals surface area (Å²) >= 11 is 0. The van der Waals surface area contributed by atoms with Gasteiger partial charge in [0.25, 0.3) is 0 Å². The number of furan rings is 1. The quantitative estimate of drug-likeness (QED) is 0.163. The summed E-state index contributed by atoms with van der Waals surface area (Å²) in [7, 11) is -0.999. The SMILES string of the molecule is c1ccc(-c2ccccc2-c2ccc(N(c3ccc4c(c3)oc3ccccc34)c3cccc4c3[SiH2]c3ccccc3C43c4ccccc4Oc4ccccc43)cc2)cc1. The van der Waals surface area contributed by atoms with Gasteiger partial charge in [0.15, 0.2) is 0 Å². The number of nitrogens with zero attached hydrogens (tertiary/aromatic N) is 1. The Morgan fingerprint density at radius 1 is 0.407 bits per heavy atom. The van der Waals surface area contributed by atoms with Crippen molar-refractivity contribution in [2.75, 3.05) is 4.90 Å². The normalized spacial score (nSPS) is 13.7. The molecule has 2 aliphatic heterocycles. The predicted octanol–water partition coefficient (Wildman–Crippen LogP) is 12.3. The van der Waals surface area contributed by atoms with Crippen molar-refractivity contribution in [2.45, 2.75) is 5.41 Å². The first kappa shape index (κ1) is 33.7. The zero-order valence-corrected chi connectivity index (χ0v) is 33.6.